The van der Waals surface area contributed by atoms with Crippen molar-refractivity contribution in [2.75, 3.05) is 19.7 Å². The van der Waals surface area contributed by atoms with Crippen molar-refractivity contribution in [1.29, 1.82) is 0 Å². The monoisotopic (exact) mass is 377 g/mol. The zero-order chi connectivity index (χ0) is 18.8. The number of carbonyl (C=O) groups is 2. The highest BCUT2D eigenvalue weighted by Crippen LogP contribution is 2.29. The Hall–Kier alpha value is -2.22. The maximum absolute atomic E-state index is 12.9. The SMILES string of the molecule is CCOC(=O)C1CCN(C(=O)c2sc3ncn(CC)c(=O)c3c2C)CC1. The predicted molar refractivity (Wildman–Crippen MR) is 99.6 cm³/mol. The summed E-state index contributed by atoms with van der Waals surface area (Å²) in [6.45, 7) is 7.44. The van der Waals surface area contributed by atoms with Gasteiger partial charge in [-0.15, -0.1) is 11.3 Å². The van der Waals surface area contributed by atoms with Crippen LogP contribution in [-0.2, 0) is 16.1 Å². The van der Waals surface area contributed by atoms with Crippen LogP contribution in [0.25, 0.3) is 10.2 Å². The van der Waals surface area contributed by atoms with Gasteiger partial charge in [0.05, 0.1) is 29.1 Å². The van der Waals surface area contributed by atoms with E-state index in [-0.39, 0.29) is 23.4 Å². The van der Waals surface area contributed by atoms with Crippen LogP contribution in [0, 0.1) is 12.8 Å². The molecule has 0 radical (unpaired) electrons. The van der Waals surface area contributed by atoms with Crippen LogP contribution in [0.2, 0.25) is 0 Å². The number of ether oxygens (including phenoxy) is 1. The molecule has 1 aliphatic rings. The highest BCUT2D eigenvalue weighted by Gasteiger charge is 2.30. The summed E-state index contributed by atoms with van der Waals surface area (Å²) in [7, 11) is 0. The molecule has 7 nitrogen and oxygen atoms in total. The lowest BCUT2D eigenvalue weighted by Crippen LogP contribution is -2.40. The van der Waals surface area contributed by atoms with Gasteiger partial charge < -0.3 is 9.64 Å². The number of thiophene rings is 1. The van der Waals surface area contributed by atoms with Crippen LogP contribution in [0.4, 0.5) is 0 Å². The second-order valence-electron chi connectivity index (χ2n) is 6.39. The Balaban J connectivity index is 1.81. The number of likely N-dealkylation sites (tertiary alicyclic amines) is 1. The molecule has 2 aromatic heterocycles. The summed E-state index contributed by atoms with van der Waals surface area (Å²) in [5, 5.41) is 0.532. The van der Waals surface area contributed by atoms with Gasteiger partial charge in [-0.2, -0.15) is 0 Å². The molecule has 140 valence electrons. The summed E-state index contributed by atoms with van der Waals surface area (Å²) >= 11 is 1.27. The number of esters is 1. The standard InChI is InChI=1S/C18H23N3O4S/c1-4-20-10-19-15-13(16(20)22)11(3)14(26-15)17(23)21-8-6-12(7-9-21)18(24)25-5-2/h10,12H,4-9H2,1-3H3. The molecule has 1 fully saturated rings. The second-order valence-corrected chi connectivity index (χ2v) is 7.39. The summed E-state index contributed by atoms with van der Waals surface area (Å²) < 4.78 is 6.61. The number of hydrogen-bond donors (Lipinski definition) is 0. The Morgan fingerprint density at radius 3 is 2.62 bits per heavy atom. The van der Waals surface area contributed by atoms with Crippen molar-refractivity contribution >= 4 is 33.4 Å². The lowest BCUT2D eigenvalue weighted by atomic mass is 9.97. The van der Waals surface area contributed by atoms with Crippen molar-refractivity contribution in [2.24, 2.45) is 5.92 Å². The largest absolute Gasteiger partial charge is 0.466 e. The minimum absolute atomic E-state index is 0.0877. The van der Waals surface area contributed by atoms with E-state index in [2.05, 4.69) is 4.98 Å². The minimum atomic E-state index is -0.179. The summed E-state index contributed by atoms with van der Waals surface area (Å²) in [4.78, 5) is 44.6. The molecule has 0 saturated carbocycles. The molecule has 0 aliphatic carbocycles. The zero-order valence-corrected chi connectivity index (χ0v) is 16.1. The molecule has 3 rings (SSSR count). The first-order valence-corrected chi connectivity index (χ1v) is 9.74. The number of aromatic nitrogens is 2. The van der Waals surface area contributed by atoms with E-state index in [9.17, 15) is 14.4 Å². The van der Waals surface area contributed by atoms with Gasteiger partial charge in [0.25, 0.3) is 11.5 Å². The van der Waals surface area contributed by atoms with Crippen LogP contribution in [0.15, 0.2) is 11.1 Å². The molecule has 0 atom stereocenters. The number of fused-ring (bicyclic) bond motifs is 1. The maximum atomic E-state index is 12.9. The van der Waals surface area contributed by atoms with Crippen LogP contribution in [0.3, 0.4) is 0 Å². The van der Waals surface area contributed by atoms with Crippen LogP contribution >= 0.6 is 11.3 Å². The van der Waals surface area contributed by atoms with Gasteiger partial charge in [-0.1, -0.05) is 0 Å². The fourth-order valence-electron chi connectivity index (χ4n) is 3.31. The first-order chi connectivity index (χ1) is 12.5. The quantitative estimate of drug-likeness (QED) is 0.763. The molecule has 0 aromatic carbocycles. The van der Waals surface area contributed by atoms with Gasteiger partial charge in [-0.3, -0.25) is 19.0 Å². The van der Waals surface area contributed by atoms with E-state index in [1.807, 2.05) is 6.92 Å². The number of amides is 1. The zero-order valence-electron chi connectivity index (χ0n) is 15.3. The van der Waals surface area contributed by atoms with Gasteiger partial charge >= 0.3 is 5.97 Å². The Morgan fingerprint density at radius 2 is 2.00 bits per heavy atom. The first kappa shape index (κ1) is 18.6. The highest BCUT2D eigenvalue weighted by atomic mass is 32.1. The molecular formula is C18H23N3O4S. The molecule has 0 bridgehead atoms. The number of carbonyl (C=O) groups excluding carboxylic acids is 2. The Morgan fingerprint density at radius 1 is 1.31 bits per heavy atom. The molecule has 3 heterocycles. The van der Waals surface area contributed by atoms with Crippen molar-refractivity contribution in [3.63, 3.8) is 0 Å². The van der Waals surface area contributed by atoms with E-state index in [1.165, 1.54) is 17.7 Å². The molecule has 0 unspecified atom stereocenters. The average Bonchev–Trinajstić information content (AvgIpc) is 2.99. The lowest BCUT2D eigenvalue weighted by molar-refractivity contribution is -0.149. The second kappa shape index (κ2) is 7.57. The number of aryl methyl sites for hydroxylation is 2. The molecular weight excluding hydrogens is 354 g/mol. The van der Waals surface area contributed by atoms with Gasteiger partial charge in [-0.05, 0) is 39.2 Å². The smallest absolute Gasteiger partial charge is 0.309 e. The fourth-order valence-corrected chi connectivity index (χ4v) is 4.42. The van der Waals surface area contributed by atoms with E-state index in [0.29, 0.717) is 59.7 Å². The molecule has 0 N–H and O–H groups in total. The van der Waals surface area contributed by atoms with Gasteiger partial charge in [0.1, 0.15) is 4.83 Å². The van der Waals surface area contributed by atoms with E-state index < -0.39 is 0 Å². The van der Waals surface area contributed by atoms with Gasteiger partial charge in [0.15, 0.2) is 0 Å². The normalized spacial score (nSPS) is 15.4. The number of hydrogen-bond acceptors (Lipinski definition) is 6. The third kappa shape index (κ3) is 3.25. The fraction of sp³-hybridized carbons (Fsp3) is 0.556. The predicted octanol–water partition coefficient (Wildman–Crippen LogP) is 2.20. The highest BCUT2D eigenvalue weighted by molar-refractivity contribution is 7.20. The molecule has 0 spiro atoms. The first-order valence-electron chi connectivity index (χ1n) is 8.92. The molecule has 8 heteroatoms. The van der Waals surface area contributed by atoms with Crippen LogP contribution in [0.1, 0.15) is 41.9 Å². The van der Waals surface area contributed by atoms with Crippen molar-refractivity contribution in [3.05, 3.63) is 27.1 Å². The van der Waals surface area contributed by atoms with E-state index >= 15 is 0 Å². The maximum Gasteiger partial charge on any atom is 0.309 e. The topological polar surface area (TPSA) is 81.5 Å². The summed E-state index contributed by atoms with van der Waals surface area (Å²) in [6, 6.07) is 0. The van der Waals surface area contributed by atoms with Crippen molar-refractivity contribution in [1.82, 2.24) is 14.5 Å². The van der Waals surface area contributed by atoms with Crippen molar-refractivity contribution in [3.8, 4) is 0 Å². The molecule has 1 saturated heterocycles. The van der Waals surface area contributed by atoms with Crippen LogP contribution in [-0.4, -0.2) is 46.0 Å². The summed E-state index contributed by atoms with van der Waals surface area (Å²) in [5.41, 5.74) is 0.592. The molecule has 1 amide bonds. The van der Waals surface area contributed by atoms with Crippen molar-refractivity contribution < 1.29 is 14.3 Å². The van der Waals surface area contributed by atoms with Crippen LogP contribution in [0.5, 0.6) is 0 Å². The number of piperidine rings is 1. The van der Waals surface area contributed by atoms with Crippen molar-refractivity contribution in [2.45, 2.75) is 40.2 Å². The minimum Gasteiger partial charge on any atom is -0.466 e. The number of rotatable bonds is 4. The Kier molecular flexibility index (Phi) is 5.41. The molecule has 26 heavy (non-hydrogen) atoms. The number of nitrogens with zero attached hydrogens (tertiary/aromatic N) is 3. The van der Waals surface area contributed by atoms with E-state index in [0.717, 1.165) is 0 Å². The Bertz CT molecular complexity index is 894. The lowest BCUT2D eigenvalue weighted by Gasteiger charge is -2.30. The van der Waals surface area contributed by atoms with E-state index in [4.69, 9.17) is 4.74 Å². The van der Waals surface area contributed by atoms with Gasteiger partial charge in [-0.25, -0.2) is 4.98 Å². The third-order valence-corrected chi connectivity index (χ3v) is 6.04. The van der Waals surface area contributed by atoms with Crippen LogP contribution < -0.4 is 5.56 Å². The molecule has 1 aliphatic heterocycles. The van der Waals surface area contributed by atoms with Gasteiger partial charge in [0, 0.05) is 19.6 Å². The summed E-state index contributed by atoms with van der Waals surface area (Å²) in [6.07, 6.45) is 2.74. The summed E-state index contributed by atoms with van der Waals surface area (Å²) in [5.74, 6) is -0.404. The third-order valence-electron chi connectivity index (χ3n) is 4.85. The van der Waals surface area contributed by atoms with Gasteiger partial charge in [0.2, 0.25) is 0 Å². The van der Waals surface area contributed by atoms with E-state index in [1.54, 1.807) is 23.3 Å². The molecule has 2 aromatic rings. The average molecular weight is 377 g/mol. The Labute approximate surface area is 155 Å².